The summed E-state index contributed by atoms with van der Waals surface area (Å²) in [6.45, 7) is 4.70. The van der Waals surface area contributed by atoms with Crippen LogP contribution in [-0.4, -0.2) is 69.6 Å². The van der Waals surface area contributed by atoms with E-state index < -0.39 is 17.4 Å². The van der Waals surface area contributed by atoms with E-state index in [9.17, 15) is 23.8 Å². The Kier molecular flexibility index (Phi) is 6.91. The van der Waals surface area contributed by atoms with Gasteiger partial charge in [-0.05, 0) is 31.4 Å². The Hall–Kier alpha value is -1.88. The summed E-state index contributed by atoms with van der Waals surface area (Å²) in [4.78, 5) is 16.8. The standard InChI is InChI=1S/C23H31F2N3O4S/c1-15-9-23(20-16(3-6-32-23)7-18(33-20)8-19(24)25)4-5-28(15)21(31)17-10-26-27(11-17)12-22(2,13-29)14-30/h7,10-11,15,19,29-30H,3-6,8-9,12-14H2,1-2H3/t15-,23+/m0/s1. The van der Waals surface area contributed by atoms with Crippen molar-refractivity contribution < 1.29 is 28.5 Å². The summed E-state index contributed by atoms with van der Waals surface area (Å²) >= 11 is 1.43. The van der Waals surface area contributed by atoms with E-state index in [4.69, 9.17) is 4.74 Å². The van der Waals surface area contributed by atoms with Crippen LogP contribution in [0, 0.1) is 5.41 Å². The van der Waals surface area contributed by atoms with Gasteiger partial charge in [0.1, 0.15) is 5.60 Å². The highest BCUT2D eigenvalue weighted by molar-refractivity contribution is 7.12. The summed E-state index contributed by atoms with van der Waals surface area (Å²) in [5.41, 5.74) is 0.308. The summed E-state index contributed by atoms with van der Waals surface area (Å²) in [6, 6.07) is 1.81. The van der Waals surface area contributed by atoms with Crippen molar-refractivity contribution in [3.8, 4) is 0 Å². The Morgan fingerprint density at radius 1 is 1.42 bits per heavy atom. The van der Waals surface area contributed by atoms with Gasteiger partial charge in [0.15, 0.2) is 0 Å². The number of nitrogens with zero attached hydrogens (tertiary/aromatic N) is 3. The minimum atomic E-state index is -2.37. The molecule has 0 aliphatic carbocycles. The number of carbonyl (C=O) groups excluding carboxylic acids is 1. The van der Waals surface area contributed by atoms with Gasteiger partial charge in [0.2, 0.25) is 6.43 Å². The third-order valence-electron chi connectivity index (χ3n) is 6.74. The molecule has 2 aromatic heterocycles. The number of halogens is 2. The first-order valence-corrected chi connectivity index (χ1v) is 12.1. The van der Waals surface area contributed by atoms with Crippen LogP contribution in [0.25, 0.3) is 0 Å². The molecule has 4 heterocycles. The molecule has 0 bridgehead atoms. The number of amides is 1. The highest BCUT2D eigenvalue weighted by atomic mass is 32.1. The zero-order valence-electron chi connectivity index (χ0n) is 19.0. The second-order valence-corrected chi connectivity index (χ2v) is 10.7. The van der Waals surface area contributed by atoms with E-state index >= 15 is 0 Å². The van der Waals surface area contributed by atoms with Crippen LogP contribution in [0.1, 0.15) is 52.4 Å². The van der Waals surface area contributed by atoms with Gasteiger partial charge in [-0.3, -0.25) is 9.48 Å². The summed E-state index contributed by atoms with van der Waals surface area (Å²) in [5, 5.41) is 23.3. The number of hydrogen-bond acceptors (Lipinski definition) is 6. The molecule has 1 fully saturated rings. The van der Waals surface area contributed by atoms with Gasteiger partial charge in [-0.1, -0.05) is 6.92 Å². The smallest absolute Gasteiger partial charge is 0.257 e. The minimum Gasteiger partial charge on any atom is -0.396 e. The second kappa shape index (κ2) is 9.40. The number of hydrogen-bond donors (Lipinski definition) is 2. The van der Waals surface area contributed by atoms with Gasteiger partial charge in [0, 0.05) is 46.8 Å². The molecule has 2 aliphatic rings. The van der Waals surface area contributed by atoms with Crippen LogP contribution in [0.15, 0.2) is 18.5 Å². The van der Waals surface area contributed by atoms with E-state index in [1.807, 2.05) is 17.9 Å². The summed E-state index contributed by atoms with van der Waals surface area (Å²) < 4.78 is 33.7. The molecule has 1 amide bonds. The zero-order valence-corrected chi connectivity index (χ0v) is 19.8. The van der Waals surface area contributed by atoms with E-state index in [-0.39, 0.29) is 31.6 Å². The molecule has 0 radical (unpaired) electrons. The van der Waals surface area contributed by atoms with E-state index in [0.29, 0.717) is 43.0 Å². The van der Waals surface area contributed by atoms with Crippen molar-refractivity contribution in [1.82, 2.24) is 14.7 Å². The average molecular weight is 484 g/mol. The lowest BCUT2D eigenvalue weighted by molar-refractivity contribution is -0.102. The normalized spacial score (nSPS) is 23.4. The van der Waals surface area contributed by atoms with Gasteiger partial charge >= 0.3 is 0 Å². The molecule has 4 rings (SSSR count). The van der Waals surface area contributed by atoms with Crippen molar-refractivity contribution >= 4 is 17.2 Å². The van der Waals surface area contributed by atoms with E-state index in [0.717, 1.165) is 16.9 Å². The van der Waals surface area contributed by atoms with Gasteiger partial charge in [0.25, 0.3) is 5.91 Å². The lowest BCUT2D eigenvalue weighted by Crippen LogP contribution is -2.52. The molecule has 0 aromatic carbocycles. The molecule has 33 heavy (non-hydrogen) atoms. The molecule has 2 aliphatic heterocycles. The van der Waals surface area contributed by atoms with Crippen LogP contribution < -0.4 is 0 Å². The number of carbonyl (C=O) groups is 1. The number of thiophene rings is 1. The Morgan fingerprint density at radius 2 is 2.18 bits per heavy atom. The highest BCUT2D eigenvalue weighted by Gasteiger charge is 2.46. The lowest BCUT2D eigenvalue weighted by Gasteiger charge is -2.47. The number of rotatable bonds is 7. The van der Waals surface area contributed by atoms with Crippen LogP contribution in [0.2, 0.25) is 0 Å². The number of aromatic nitrogens is 2. The number of fused-ring (bicyclic) bond motifs is 2. The van der Waals surface area contributed by atoms with Crippen LogP contribution in [0.5, 0.6) is 0 Å². The molecule has 182 valence electrons. The molecule has 2 N–H and O–H groups in total. The first-order valence-electron chi connectivity index (χ1n) is 11.3. The van der Waals surface area contributed by atoms with E-state index in [1.165, 1.54) is 17.5 Å². The fourth-order valence-corrected chi connectivity index (χ4v) is 6.24. The molecule has 1 spiro atoms. The van der Waals surface area contributed by atoms with Gasteiger partial charge < -0.3 is 19.8 Å². The quantitative estimate of drug-likeness (QED) is 0.633. The molecule has 10 heteroatoms. The number of likely N-dealkylation sites (tertiary alicyclic amines) is 1. The molecular weight excluding hydrogens is 452 g/mol. The molecule has 1 saturated heterocycles. The predicted molar refractivity (Wildman–Crippen MR) is 120 cm³/mol. The first-order chi connectivity index (χ1) is 15.7. The van der Waals surface area contributed by atoms with Crippen LogP contribution in [0.3, 0.4) is 0 Å². The van der Waals surface area contributed by atoms with Gasteiger partial charge in [0.05, 0.1) is 38.1 Å². The molecule has 2 aromatic rings. The van der Waals surface area contributed by atoms with Gasteiger partial charge in [-0.2, -0.15) is 5.10 Å². The fourth-order valence-electron chi connectivity index (χ4n) is 4.85. The van der Waals surface area contributed by atoms with E-state index in [1.54, 1.807) is 17.8 Å². The molecule has 7 nitrogen and oxygen atoms in total. The minimum absolute atomic E-state index is 0.0960. The van der Waals surface area contributed by atoms with E-state index in [2.05, 4.69) is 5.10 Å². The molecular formula is C23H31F2N3O4S. The Bertz CT molecular complexity index is 990. The lowest BCUT2D eigenvalue weighted by atomic mass is 9.82. The predicted octanol–water partition coefficient (Wildman–Crippen LogP) is 2.84. The van der Waals surface area contributed by atoms with Crippen LogP contribution in [0.4, 0.5) is 8.78 Å². The Labute approximate surface area is 196 Å². The van der Waals surface area contributed by atoms with Crippen molar-refractivity contribution in [1.29, 1.82) is 0 Å². The maximum Gasteiger partial charge on any atom is 0.257 e. The third-order valence-corrected chi connectivity index (χ3v) is 8.13. The topological polar surface area (TPSA) is 87.8 Å². The van der Waals surface area contributed by atoms with Crippen molar-refractivity contribution in [2.75, 3.05) is 26.4 Å². The monoisotopic (exact) mass is 483 g/mol. The van der Waals surface area contributed by atoms with Crippen molar-refractivity contribution in [2.45, 2.75) is 64.1 Å². The van der Waals surface area contributed by atoms with Crippen molar-refractivity contribution in [2.24, 2.45) is 5.41 Å². The number of aliphatic hydroxyl groups excluding tert-OH is 2. The largest absolute Gasteiger partial charge is 0.396 e. The van der Waals surface area contributed by atoms with Crippen LogP contribution >= 0.6 is 11.3 Å². The second-order valence-electron chi connectivity index (χ2n) is 9.61. The third kappa shape index (κ3) is 4.84. The highest BCUT2D eigenvalue weighted by Crippen LogP contribution is 2.47. The summed E-state index contributed by atoms with van der Waals surface area (Å²) in [7, 11) is 0. The Balaban J connectivity index is 1.48. The summed E-state index contributed by atoms with van der Waals surface area (Å²) in [5.74, 6) is -0.126. The van der Waals surface area contributed by atoms with Gasteiger partial charge in [-0.15, -0.1) is 11.3 Å². The van der Waals surface area contributed by atoms with Crippen molar-refractivity contribution in [3.05, 3.63) is 39.3 Å². The fraction of sp³-hybridized carbons (Fsp3) is 0.652. The average Bonchev–Trinajstić information content (AvgIpc) is 3.40. The number of aliphatic hydroxyl groups is 2. The molecule has 2 atom stereocenters. The molecule has 0 unspecified atom stereocenters. The van der Waals surface area contributed by atoms with Gasteiger partial charge in [-0.25, -0.2) is 8.78 Å². The Morgan fingerprint density at radius 3 is 2.85 bits per heavy atom. The zero-order chi connectivity index (χ0) is 23.8. The first kappa shape index (κ1) is 24.3. The molecule has 0 saturated carbocycles. The maximum atomic E-state index is 13.2. The summed E-state index contributed by atoms with van der Waals surface area (Å²) in [6.07, 6.45) is 2.52. The number of alkyl halides is 2. The van der Waals surface area contributed by atoms with Crippen molar-refractivity contribution in [3.63, 3.8) is 0 Å². The SMILES string of the molecule is C[C@H]1C[C@@]2(CCN1C(=O)c1cnn(CC(C)(CO)CO)c1)OCCc1cc(CC(F)F)sc12. The van der Waals surface area contributed by atoms with Crippen LogP contribution in [-0.2, 0) is 29.7 Å². The maximum absolute atomic E-state index is 13.2. The number of ether oxygens (including phenoxy) is 1. The number of piperidine rings is 1.